The first-order chi connectivity index (χ1) is 13.3. The van der Waals surface area contributed by atoms with Gasteiger partial charge in [-0.05, 0) is 49.4 Å². The summed E-state index contributed by atoms with van der Waals surface area (Å²) in [5.74, 6) is 1.99. The maximum Gasteiger partial charge on any atom is 0.271 e. The van der Waals surface area contributed by atoms with Gasteiger partial charge in [0.05, 0.1) is 12.5 Å². The standard InChI is InChI=1S/C20H22N6O/c27-20(17-12-21-14-23-17)26-10-4-5-15(13-26)11-16-6-3-8-19(24-16)25-18-7-1-2-9-22-18/h1-3,6-9,12,14-15H,4-5,10-11,13H2,(H,21,23)(H,22,24,25)/t15-/m0/s1. The van der Waals surface area contributed by atoms with E-state index < -0.39 is 0 Å². The van der Waals surface area contributed by atoms with Crippen LogP contribution in [0.4, 0.5) is 11.6 Å². The predicted molar refractivity (Wildman–Crippen MR) is 103 cm³/mol. The molecule has 7 nitrogen and oxygen atoms in total. The van der Waals surface area contributed by atoms with Crippen LogP contribution in [0.1, 0.15) is 29.0 Å². The SMILES string of the molecule is O=C(c1cnc[nH]1)N1CCC[C@@H](Cc2cccc(Nc3ccccn3)n2)C1. The van der Waals surface area contributed by atoms with E-state index in [4.69, 9.17) is 4.98 Å². The highest BCUT2D eigenvalue weighted by Crippen LogP contribution is 2.22. The van der Waals surface area contributed by atoms with Gasteiger partial charge in [0.15, 0.2) is 0 Å². The fourth-order valence-electron chi connectivity index (χ4n) is 3.49. The Bertz CT molecular complexity index is 881. The van der Waals surface area contributed by atoms with Crippen molar-refractivity contribution in [3.8, 4) is 0 Å². The largest absolute Gasteiger partial charge is 0.341 e. The highest BCUT2D eigenvalue weighted by molar-refractivity contribution is 5.92. The van der Waals surface area contributed by atoms with Crippen molar-refractivity contribution in [3.63, 3.8) is 0 Å². The lowest BCUT2D eigenvalue weighted by molar-refractivity contribution is 0.0667. The monoisotopic (exact) mass is 362 g/mol. The number of hydrogen-bond acceptors (Lipinski definition) is 5. The Morgan fingerprint density at radius 2 is 2.15 bits per heavy atom. The van der Waals surface area contributed by atoms with Crippen molar-refractivity contribution in [2.45, 2.75) is 19.3 Å². The zero-order valence-corrected chi connectivity index (χ0v) is 15.0. The van der Waals surface area contributed by atoms with E-state index in [0.717, 1.165) is 49.7 Å². The van der Waals surface area contributed by atoms with Crippen molar-refractivity contribution in [2.75, 3.05) is 18.4 Å². The van der Waals surface area contributed by atoms with Crippen LogP contribution >= 0.6 is 0 Å². The summed E-state index contributed by atoms with van der Waals surface area (Å²) in [6, 6.07) is 11.7. The maximum absolute atomic E-state index is 12.5. The molecule has 138 valence electrons. The molecule has 0 aliphatic carbocycles. The highest BCUT2D eigenvalue weighted by atomic mass is 16.2. The number of H-pyrrole nitrogens is 1. The molecule has 7 heteroatoms. The molecule has 4 heterocycles. The topological polar surface area (TPSA) is 86.8 Å². The van der Waals surface area contributed by atoms with Crippen molar-refractivity contribution in [1.82, 2.24) is 24.8 Å². The van der Waals surface area contributed by atoms with E-state index in [1.165, 1.54) is 0 Å². The van der Waals surface area contributed by atoms with E-state index in [1.54, 1.807) is 18.7 Å². The van der Waals surface area contributed by atoms with Crippen LogP contribution in [-0.2, 0) is 6.42 Å². The third-order valence-electron chi connectivity index (χ3n) is 4.76. The summed E-state index contributed by atoms with van der Waals surface area (Å²) >= 11 is 0. The number of anilines is 2. The number of piperidine rings is 1. The maximum atomic E-state index is 12.5. The number of nitrogens with one attached hydrogen (secondary N) is 2. The van der Waals surface area contributed by atoms with E-state index in [0.29, 0.717) is 11.6 Å². The van der Waals surface area contributed by atoms with Crippen molar-refractivity contribution in [1.29, 1.82) is 0 Å². The lowest BCUT2D eigenvalue weighted by Gasteiger charge is -2.32. The average molecular weight is 362 g/mol. The van der Waals surface area contributed by atoms with E-state index >= 15 is 0 Å². The quantitative estimate of drug-likeness (QED) is 0.728. The highest BCUT2D eigenvalue weighted by Gasteiger charge is 2.25. The van der Waals surface area contributed by atoms with Gasteiger partial charge >= 0.3 is 0 Å². The number of likely N-dealkylation sites (tertiary alicyclic amines) is 1. The summed E-state index contributed by atoms with van der Waals surface area (Å²) in [6.07, 6.45) is 7.84. The Morgan fingerprint density at radius 1 is 1.22 bits per heavy atom. The number of carbonyl (C=O) groups is 1. The summed E-state index contributed by atoms with van der Waals surface area (Å²) < 4.78 is 0. The number of carbonyl (C=O) groups excluding carboxylic acids is 1. The number of rotatable bonds is 5. The van der Waals surface area contributed by atoms with Crippen molar-refractivity contribution >= 4 is 17.5 Å². The van der Waals surface area contributed by atoms with Crippen molar-refractivity contribution < 1.29 is 4.79 Å². The van der Waals surface area contributed by atoms with Gasteiger partial charge in [0.25, 0.3) is 5.91 Å². The lowest BCUT2D eigenvalue weighted by Crippen LogP contribution is -2.40. The Labute approximate surface area is 157 Å². The summed E-state index contributed by atoms with van der Waals surface area (Å²) in [6.45, 7) is 1.54. The first kappa shape index (κ1) is 17.2. The van der Waals surface area contributed by atoms with Gasteiger partial charge in [0.2, 0.25) is 0 Å². The molecular formula is C20H22N6O. The minimum absolute atomic E-state index is 0.0238. The molecule has 1 amide bonds. The summed E-state index contributed by atoms with van der Waals surface area (Å²) in [5, 5.41) is 3.23. The molecule has 1 fully saturated rings. The molecule has 0 aromatic carbocycles. The molecule has 0 radical (unpaired) electrons. The molecule has 1 atom stereocenters. The van der Waals surface area contributed by atoms with Gasteiger partial charge in [0.1, 0.15) is 17.3 Å². The molecule has 2 N–H and O–H groups in total. The van der Waals surface area contributed by atoms with Gasteiger partial charge in [0, 0.05) is 25.0 Å². The van der Waals surface area contributed by atoms with Crippen LogP contribution in [0.3, 0.4) is 0 Å². The average Bonchev–Trinajstić information content (AvgIpc) is 3.23. The number of pyridine rings is 2. The number of imidazole rings is 1. The normalized spacial score (nSPS) is 16.9. The minimum Gasteiger partial charge on any atom is -0.341 e. The molecular weight excluding hydrogens is 340 g/mol. The van der Waals surface area contributed by atoms with Crippen LogP contribution in [0.15, 0.2) is 55.1 Å². The Balaban J connectivity index is 1.40. The zero-order valence-electron chi connectivity index (χ0n) is 15.0. The van der Waals surface area contributed by atoms with E-state index in [9.17, 15) is 4.79 Å². The minimum atomic E-state index is 0.0238. The Hall–Kier alpha value is -3.22. The zero-order chi connectivity index (χ0) is 18.5. The van der Waals surface area contributed by atoms with Crippen molar-refractivity contribution in [2.24, 2.45) is 5.92 Å². The number of aromatic nitrogens is 4. The fraction of sp³-hybridized carbons (Fsp3) is 0.300. The first-order valence-electron chi connectivity index (χ1n) is 9.19. The molecule has 3 aromatic heterocycles. The smallest absolute Gasteiger partial charge is 0.271 e. The second-order valence-electron chi connectivity index (χ2n) is 6.78. The lowest BCUT2D eigenvalue weighted by atomic mass is 9.93. The van der Waals surface area contributed by atoms with Gasteiger partial charge in [-0.15, -0.1) is 0 Å². The summed E-state index contributed by atoms with van der Waals surface area (Å²) in [7, 11) is 0. The molecule has 3 aromatic rings. The third-order valence-corrected chi connectivity index (χ3v) is 4.76. The van der Waals surface area contributed by atoms with Crippen LogP contribution in [0.25, 0.3) is 0 Å². The van der Waals surface area contributed by atoms with Crippen LogP contribution in [0, 0.1) is 5.92 Å². The second-order valence-corrected chi connectivity index (χ2v) is 6.78. The number of aromatic amines is 1. The molecule has 1 aliphatic rings. The van der Waals surface area contributed by atoms with Crippen LogP contribution in [0.2, 0.25) is 0 Å². The molecule has 0 unspecified atom stereocenters. The van der Waals surface area contributed by atoms with Crippen LogP contribution in [0.5, 0.6) is 0 Å². The summed E-state index contributed by atoms with van der Waals surface area (Å²) in [4.78, 5) is 30.3. The van der Waals surface area contributed by atoms with Gasteiger partial charge in [-0.2, -0.15) is 0 Å². The fourth-order valence-corrected chi connectivity index (χ4v) is 3.49. The van der Waals surface area contributed by atoms with Gasteiger partial charge < -0.3 is 15.2 Å². The van der Waals surface area contributed by atoms with Crippen LogP contribution in [-0.4, -0.2) is 43.8 Å². The Morgan fingerprint density at radius 3 is 2.96 bits per heavy atom. The van der Waals surface area contributed by atoms with E-state index in [-0.39, 0.29) is 5.91 Å². The summed E-state index contributed by atoms with van der Waals surface area (Å²) in [5.41, 5.74) is 1.58. The number of hydrogen-bond donors (Lipinski definition) is 2. The number of nitrogens with zero attached hydrogens (tertiary/aromatic N) is 4. The molecule has 27 heavy (non-hydrogen) atoms. The molecule has 0 bridgehead atoms. The number of amides is 1. The van der Waals surface area contributed by atoms with Crippen LogP contribution < -0.4 is 5.32 Å². The molecule has 0 saturated carbocycles. The van der Waals surface area contributed by atoms with Crippen molar-refractivity contribution in [3.05, 3.63) is 66.5 Å². The van der Waals surface area contributed by atoms with Gasteiger partial charge in [-0.3, -0.25) is 4.79 Å². The van der Waals surface area contributed by atoms with Gasteiger partial charge in [-0.25, -0.2) is 15.0 Å². The van der Waals surface area contributed by atoms with E-state index in [2.05, 4.69) is 20.3 Å². The molecule has 1 aliphatic heterocycles. The predicted octanol–water partition coefficient (Wildman–Crippen LogP) is 3.04. The Kier molecular flexibility index (Phi) is 5.09. The van der Waals surface area contributed by atoms with Gasteiger partial charge in [-0.1, -0.05) is 12.1 Å². The third kappa shape index (κ3) is 4.31. The first-order valence-corrected chi connectivity index (χ1v) is 9.19. The molecule has 0 spiro atoms. The molecule has 4 rings (SSSR count). The van der Waals surface area contributed by atoms with E-state index in [1.807, 2.05) is 41.3 Å². The molecule has 1 saturated heterocycles. The second kappa shape index (κ2) is 7.99.